The SMILES string of the molecule is CC1=CC2(C)C(C(C)C)CCC(C)(N=C=S)C2(C)CC1. The highest BCUT2D eigenvalue weighted by atomic mass is 32.1. The molecule has 1 saturated carbocycles. The molecule has 4 atom stereocenters. The van der Waals surface area contributed by atoms with Gasteiger partial charge in [0.25, 0.3) is 0 Å². The van der Waals surface area contributed by atoms with Crippen molar-refractivity contribution < 1.29 is 0 Å². The van der Waals surface area contributed by atoms with Crippen LogP contribution in [0.15, 0.2) is 16.6 Å². The predicted octanol–water partition coefficient (Wildman–Crippen LogP) is 5.67. The van der Waals surface area contributed by atoms with Gasteiger partial charge in [-0.2, -0.15) is 0 Å². The number of aliphatic imine (C=N–C) groups is 1. The van der Waals surface area contributed by atoms with E-state index in [4.69, 9.17) is 12.2 Å². The second kappa shape index (κ2) is 5.07. The van der Waals surface area contributed by atoms with Crippen molar-refractivity contribution in [2.75, 3.05) is 0 Å². The van der Waals surface area contributed by atoms with Crippen LogP contribution in [0.5, 0.6) is 0 Å². The Bertz CT molecular complexity index is 474. The zero-order chi connectivity index (χ0) is 15.2. The Hall–Kier alpha value is -0.460. The number of allylic oxidation sites excluding steroid dienone is 2. The van der Waals surface area contributed by atoms with Crippen molar-refractivity contribution in [2.24, 2.45) is 27.7 Å². The summed E-state index contributed by atoms with van der Waals surface area (Å²) in [5, 5.41) is 2.70. The molecule has 20 heavy (non-hydrogen) atoms. The lowest BCUT2D eigenvalue weighted by molar-refractivity contribution is -0.0851. The fourth-order valence-corrected chi connectivity index (χ4v) is 5.35. The molecule has 4 unspecified atom stereocenters. The summed E-state index contributed by atoms with van der Waals surface area (Å²) in [5.74, 6) is 1.44. The Morgan fingerprint density at radius 3 is 2.50 bits per heavy atom. The van der Waals surface area contributed by atoms with Crippen LogP contribution in [0.2, 0.25) is 0 Å². The highest BCUT2D eigenvalue weighted by molar-refractivity contribution is 7.78. The molecular weight excluding hydrogens is 262 g/mol. The molecule has 1 nitrogen and oxygen atoms in total. The maximum absolute atomic E-state index is 4.96. The van der Waals surface area contributed by atoms with Gasteiger partial charge in [-0.3, -0.25) is 0 Å². The van der Waals surface area contributed by atoms with Crippen LogP contribution in [-0.4, -0.2) is 10.7 Å². The number of nitrogens with zero attached hydrogens (tertiary/aromatic N) is 1. The maximum Gasteiger partial charge on any atom is 0.0744 e. The molecule has 0 saturated heterocycles. The minimum atomic E-state index is -0.0634. The Morgan fingerprint density at radius 1 is 1.30 bits per heavy atom. The summed E-state index contributed by atoms with van der Waals surface area (Å²) >= 11 is 4.96. The van der Waals surface area contributed by atoms with E-state index in [1.165, 1.54) is 19.3 Å². The molecule has 0 aliphatic heterocycles. The van der Waals surface area contributed by atoms with Crippen LogP contribution in [0.1, 0.15) is 67.2 Å². The average Bonchev–Trinajstić information content (AvgIpc) is 2.33. The van der Waals surface area contributed by atoms with Crippen LogP contribution in [0, 0.1) is 22.7 Å². The minimum absolute atomic E-state index is 0.0634. The van der Waals surface area contributed by atoms with E-state index in [9.17, 15) is 0 Å². The lowest BCUT2D eigenvalue weighted by Crippen LogP contribution is -2.60. The number of fused-ring (bicyclic) bond motifs is 1. The zero-order valence-electron chi connectivity index (χ0n) is 13.9. The lowest BCUT2D eigenvalue weighted by atomic mass is 9.42. The van der Waals surface area contributed by atoms with E-state index in [-0.39, 0.29) is 16.4 Å². The largest absolute Gasteiger partial charge is 0.225 e. The molecule has 0 aromatic heterocycles. The normalized spacial score (nSPS) is 44.5. The van der Waals surface area contributed by atoms with E-state index in [1.807, 2.05) is 0 Å². The van der Waals surface area contributed by atoms with Crippen molar-refractivity contribution >= 4 is 17.4 Å². The summed E-state index contributed by atoms with van der Waals surface area (Å²) in [6, 6.07) is 0. The highest BCUT2D eigenvalue weighted by Gasteiger charge is 2.61. The highest BCUT2D eigenvalue weighted by Crippen LogP contribution is 2.65. The summed E-state index contributed by atoms with van der Waals surface area (Å²) in [4.78, 5) is 4.67. The third-order valence-electron chi connectivity index (χ3n) is 6.75. The van der Waals surface area contributed by atoms with Gasteiger partial charge in [0.2, 0.25) is 0 Å². The van der Waals surface area contributed by atoms with E-state index < -0.39 is 0 Å². The Labute approximate surface area is 129 Å². The van der Waals surface area contributed by atoms with Crippen molar-refractivity contribution in [1.29, 1.82) is 0 Å². The van der Waals surface area contributed by atoms with E-state index in [1.54, 1.807) is 5.57 Å². The van der Waals surface area contributed by atoms with Crippen LogP contribution in [0.4, 0.5) is 0 Å². The second-order valence-corrected chi connectivity index (χ2v) is 8.15. The summed E-state index contributed by atoms with van der Waals surface area (Å²) < 4.78 is 0. The molecule has 0 aromatic rings. The van der Waals surface area contributed by atoms with Crippen LogP contribution in [0.25, 0.3) is 0 Å². The van der Waals surface area contributed by atoms with Crippen molar-refractivity contribution in [2.45, 2.75) is 72.8 Å². The molecule has 2 aliphatic carbocycles. The van der Waals surface area contributed by atoms with Gasteiger partial charge in [0.05, 0.1) is 10.7 Å². The van der Waals surface area contributed by atoms with Gasteiger partial charge in [0.1, 0.15) is 0 Å². The molecule has 2 heteroatoms. The topological polar surface area (TPSA) is 12.4 Å². The summed E-state index contributed by atoms with van der Waals surface area (Å²) in [6.07, 6.45) is 7.35. The molecule has 0 aromatic carbocycles. The van der Waals surface area contributed by atoms with Crippen LogP contribution < -0.4 is 0 Å². The molecule has 0 amide bonds. The Balaban J connectivity index is 2.61. The number of hydrogen-bond acceptors (Lipinski definition) is 2. The molecule has 112 valence electrons. The number of thiocarbonyl (C=S) groups is 1. The summed E-state index contributed by atoms with van der Waals surface area (Å²) in [7, 11) is 0. The average molecular weight is 292 g/mol. The van der Waals surface area contributed by atoms with Gasteiger partial charge in [-0.1, -0.05) is 39.3 Å². The number of rotatable bonds is 2. The van der Waals surface area contributed by atoms with Crippen molar-refractivity contribution in [1.82, 2.24) is 0 Å². The van der Waals surface area contributed by atoms with E-state index in [0.717, 1.165) is 12.3 Å². The van der Waals surface area contributed by atoms with E-state index in [0.29, 0.717) is 5.92 Å². The molecule has 0 radical (unpaired) electrons. The van der Waals surface area contributed by atoms with Crippen LogP contribution in [-0.2, 0) is 0 Å². The monoisotopic (exact) mass is 291 g/mol. The maximum atomic E-state index is 4.96. The molecule has 1 fully saturated rings. The van der Waals surface area contributed by atoms with Crippen molar-refractivity contribution in [3.8, 4) is 0 Å². The summed E-state index contributed by atoms with van der Waals surface area (Å²) in [5.41, 5.74) is 1.88. The third-order valence-corrected chi connectivity index (χ3v) is 6.84. The quantitative estimate of drug-likeness (QED) is 0.363. The molecule has 0 heterocycles. The molecule has 2 aliphatic rings. The molecular formula is C18H29NS. The molecule has 0 spiro atoms. The Morgan fingerprint density at radius 2 is 1.95 bits per heavy atom. The first kappa shape index (κ1) is 15.9. The van der Waals surface area contributed by atoms with Gasteiger partial charge in [0, 0.05) is 5.41 Å². The van der Waals surface area contributed by atoms with Crippen LogP contribution >= 0.6 is 12.2 Å². The standard InChI is InChI=1S/C18H29NS/c1-13(2)15-8-10-18(6,19-12-20)17(5)9-7-14(3)11-16(15,17)4/h11,13,15H,7-10H2,1-6H3. The first-order chi connectivity index (χ1) is 9.20. The first-order valence-electron chi connectivity index (χ1n) is 7.97. The van der Waals surface area contributed by atoms with Crippen LogP contribution in [0.3, 0.4) is 0 Å². The molecule has 0 N–H and O–H groups in total. The second-order valence-electron chi connectivity index (χ2n) is 7.97. The Kier molecular flexibility index (Phi) is 4.04. The van der Waals surface area contributed by atoms with Gasteiger partial charge in [-0.25, -0.2) is 4.99 Å². The molecule has 2 rings (SSSR count). The number of isothiocyanates is 1. The minimum Gasteiger partial charge on any atom is -0.225 e. The number of hydrogen-bond donors (Lipinski definition) is 0. The third kappa shape index (κ3) is 2.04. The first-order valence-corrected chi connectivity index (χ1v) is 8.38. The van der Waals surface area contributed by atoms with Gasteiger partial charge in [-0.05, 0) is 69.0 Å². The fourth-order valence-electron chi connectivity index (χ4n) is 5.14. The van der Waals surface area contributed by atoms with E-state index in [2.05, 4.69) is 57.8 Å². The summed E-state index contributed by atoms with van der Waals surface area (Å²) in [6.45, 7) is 14.3. The van der Waals surface area contributed by atoms with Gasteiger partial charge < -0.3 is 0 Å². The van der Waals surface area contributed by atoms with Gasteiger partial charge in [0.15, 0.2) is 0 Å². The smallest absolute Gasteiger partial charge is 0.0744 e. The van der Waals surface area contributed by atoms with Gasteiger partial charge >= 0.3 is 0 Å². The van der Waals surface area contributed by atoms with Crippen molar-refractivity contribution in [3.05, 3.63) is 11.6 Å². The lowest BCUT2D eigenvalue weighted by Gasteiger charge is -2.63. The zero-order valence-corrected chi connectivity index (χ0v) is 14.7. The fraction of sp³-hybridized carbons (Fsp3) is 0.833. The van der Waals surface area contributed by atoms with E-state index >= 15 is 0 Å². The molecule has 0 bridgehead atoms. The van der Waals surface area contributed by atoms with Crippen molar-refractivity contribution in [3.63, 3.8) is 0 Å². The van der Waals surface area contributed by atoms with Gasteiger partial charge in [-0.15, -0.1) is 0 Å². The predicted molar refractivity (Wildman–Crippen MR) is 90.2 cm³/mol.